The first-order valence-electron chi connectivity index (χ1n) is 3.23. The molecule has 0 heterocycles. The first-order valence-corrected chi connectivity index (χ1v) is 3.23. The van der Waals surface area contributed by atoms with Gasteiger partial charge in [-0.2, -0.15) is 0 Å². The molecule has 0 saturated heterocycles. The number of aryl methyl sites for hydroxylation is 3. The van der Waals surface area contributed by atoms with Crippen LogP contribution in [0.3, 0.4) is 0 Å². The minimum Gasteiger partial charge on any atom is -0.107 e. The van der Waals surface area contributed by atoms with Gasteiger partial charge in [0.05, 0.1) is 0 Å². The van der Waals surface area contributed by atoms with Gasteiger partial charge in [0.25, 0.3) is 0 Å². The molecule has 72 valence electrons. The smallest absolute Gasteiger partial charge is 0.0398 e. The fourth-order valence-electron chi connectivity index (χ4n) is 1.20. The zero-order valence-electron chi connectivity index (χ0n) is 7.46. The summed E-state index contributed by atoms with van der Waals surface area (Å²) in [6, 6.07) is 6.56. The highest BCUT2D eigenvalue weighted by atomic mass is 127. The van der Waals surface area contributed by atoms with Crippen LogP contribution in [0.2, 0.25) is 0 Å². The summed E-state index contributed by atoms with van der Waals surface area (Å²) in [5, 5.41) is 0. The van der Waals surface area contributed by atoms with Gasteiger partial charge in [-0.25, -0.2) is 0 Å². The zero-order valence-corrected chi connectivity index (χ0v) is 14.4. The lowest BCUT2D eigenvalue weighted by Crippen LogP contribution is -1.78. The third-order valence-corrected chi connectivity index (χ3v) is 1.37. The molecule has 0 aliphatic rings. The summed E-state index contributed by atoms with van der Waals surface area (Å²) in [4.78, 5) is 0. The third kappa shape index (κ3) is 6.88. The number of halogens is 3. The summed E-state index contributed by atoms with van der Waals surface area (Å²) in [6.07, 6.45) is 0. The van der Waals surface area contributed by atoms with Crippen LogP contribution in [0.4, 0.5) is 0 Å². The number of benzene rings is 1. The van der Waals surface area contributed by atoms with Crippen LogP contribution < -0.4 is 0 Å². The van der Waals surface area contributed by atoms with Gasteiger partial charge in [-0.3, -0.25) is 0 Å². The minimum absolute atomic E-state index is 0. The summed E-state index contributed by atoms with van der Waals surface area (Å²) in [7, 11) is 0. The molecule has 0 saturated carbocycles. The van der Waals surface area contributed by atoms with Gasteiger partial charge in [0, 0.05) is 0 Å². The topological polar surface area (TPSA) is 0 Å². The maximum absolute atomic E-state index is 2.19. The van der Waals surface area contributed by atoms with E-state index in [-0.39, 0.29) is 71.9 Å². The van der Waals surface area contributed by atoms with Crippen LogP contribution in [0.1, 0.15) is 16.7 Å². The Labute approximate surface area is 126 Å². The van der Waals surface area contributed by atoms with Gasteiger partial charge in [-0.1, -0.05) is 34.9 Å². The van der Waals surface area contributed by atoms with Crippen LogP contribution in [0, 0.1) is 20.8 Å². The second-order valence-corrected chi connectivity index (χ2v) is 2.67. The van der Waals surface area contributed by atoms with E-state index in [1.54, 1.807) is 0 Å². The van der Waals surface area contributed by atoms with Gasteiger partial charge >= 0.3 is 0 Å². The van der Waals surface area contributed by atoms with Crippen molar-refractivity contribution in [3.05, 3.63) is 34.9 Å². The van der Waals surface area contributed by atoms with Crippen LogP contribution in [0.5, 0.6) is 0 Å². The summed E-state index contributed by atoms with van der Waals surface area (Å²) in [6.45, 7) is 6.38. The van der Waals surface area contributed by atoms with Gasteiger partial charge < -0.3 is 0 Å². The molecule has 12 heavy (non-hydrogen) atoms. The quantitative estimate of drug-likeness (QED) is 0.458. The average molecular weight is 504 g/mol. The third-order valence-electron chi connectivity index (χ3n) is 1.37. The second kappa shape index (κ2) is 8.98. The van der Waals surface area contributed by atoms with Crippen molar-refractivity contribution in [1.82, 2.24) is 0 Å². The molecule has 0 amide bonds. The standard InChI is InChI=1S/C9H12.3HI/c1-7-4-8(2)6-9(3)5-7;;;/h4-6H,1-3H3;3*1H. The zero-order chi connectivity index (χ0) is 6.85. The molecule has 0 N–H and O–H groups in total. The number of rotatable bonds is 0. The summed E-state index contributed by atoms with van der Waals surface area (Å²) in [5.74, 6) is 0. The van der Waals surface area contributed by atoms with E-state index in [2.05, 4.69) is 39.0 Å². The van der Waals surface area contributed by atoms with Crippen molar-refractivity contribution >= 4 is 71.9 Å². The minimum atomic E-state index is 0. The van der Waals surface area contributed by atoms with E-state index in [4.69, 9.17) is 0 Å². The Balaban J connectivity index is -0.000000270. The maximum atomic E-state index is 2.19. The normalized spacial score (nSPS) is 7.25. The molecule has 0 bridgehead atoms. The van der Waals surface area contributed by atoms with Crippen molar-refractivity contribution in [3.8, 4) is 0 Å². The predicted molar refractivity (Wildman–Crippen MR) is 86.9 cm³/mol. The molecule has 0 fully saturated rings. The number of hydrogen-bond acceptors (Lipinski definition) is 0. The molecule has 0 spiro atoms. The van der Waals surface area contributed by atoms with Gasteiger partial charge in [-0.05, 0) is 20.8 Å². The Morgan fingerprint density at radius 3 is 0.917 bits per heavy atom. The van der Waals surface area contributed by atoms with E-state index in [1.807, 2.05) is 0 Å². The van der Waals surface area contributed by atoms with E-state index in [1.165, 1.54) is 16.7 Å². The lowest BCUT2D eigenvalue weighted by molar-refractivity contribution is 1.32. The molecule has 0 aromatic heterocycles. The molecule has 1 rings (SSSR count). The van der Waals surface area contributed by atoms with Gasteiger partial charge in [0.15, 0.2) is 0 Å². The maximum Gasteiger partial charge on any atom is -0.0398 e. The second-order valence-electron chi connectivity index (χ2n) is 2.67. The summed E-state index contributed by atoms with van der Waals surface area (Å²) in [5.41, 5.74) is 4.06. The molecular weight excluding hydrogens is 489 g/mol. The lowest BCUT2D eigenvalue weighted by Gasteiger charge is -1.96. The first kappa shape index (κ1) is 19.1. The molecule has 1 aromatic rings. The first-order chi connectivity index (χ1) is 4.18. The van der Waals surface area contributed by atoms with Crippen LogP contribution in [0.25, 0.3) is 0 Å². The van der Waals surface area contributed by atoms with E-state index >= 15 is 0 Å². The highest BCUT2D eigenvalue weighted by Gasteiger charge is 1.87. The molecule has 0 nitrogen and oxygen atoms in total. The molecule has 0 unspecified atom stereocenters. The van der Waals surface area contributed by atoms with Crippen molar-refractivity contribution in [1.29, 1.82) is 0 Å². The van der Waals surface area contributed by atoms with Crippen molar-refractivity contribution in [3.63, 3.8) is 0 Å². The monoisotopic (exact) mass is 504 g/mol. The van der Waals surface area contributed by atoms with Gasteiger partial charge in [0.1, 0.15) is 0 Å². The van der Waals surface area contributed by atoms with Crippen LogP contribution >= 0.6 is 71.9 Å². The molecule has 0 aliphatic heterocycles. The molecule has 0 aliphatic carbocycles. The fraction of sp³-hybridized carbons (Fsp3) is 0.333. The van der Waals surface area contributed by atoms with Crippen LogP contribution in [0.15, 0.2) is 18.2 Å². The van der Waals surface area contributed by atoms with E-state index in [9.17, 15) is 0 Å². The fourth-order valence-corrected chi connectivity index (χ4v) is 1.20. The molecule has 0 atom stereocenters. The molecule has 3 heteroatoms. The van der Waals surface area contributed by atoms with Crippen LogP contribution in [-0.2, 0) is 0 Å². The Bertz CT molecular complexity index is 171. The number of hydrogen-bond donors (Lipinski definition) is 0. The summed E-state index contributed by atoms with van der Waals surface area (Å²) >= 11 is 0. The van der Waals surface area contributed by atoms with Crippen molar-refractivity contribution in [2.75, 3.05) is 0 Å². The molecule has 0 radical (unpaired) electrons. The average Bonchev–Trinajstić information content (AvgIpc) is 1.59. The van der Waals surface area contributed by atoms with Gasteiger partial charge in [0.2, 0.25) is 0 Å². The summed E-state index contributed by atoms with van der Waals surface area (Å²) < 4.78 is 0. The molecule has 1 aromatic carbocycles. The lowest BCUT2D eigenvalue weighted by atomic mass is 10.1. The van der Waals surface area contributed by atoms with Crippen molar-refractivity contribution in [2.45, 2.75) is 20.8 Å². The predicted octanol–water partition coefficient (Wildman–Crippen LogP) is 4.47. The Hall–Kier alpha value is 1.41. The largest absolute Gasteiger partial charge is 0.107 e. The van der Waals surface area contributed by atoms with Crippen molar-refractivity contribution < 1.29 is 0 Å². The Morgan fingerprint density at radius 1 is 0.583 bits per heavy atom. The SMILES string of the molecule is Cc1cc(C)cc(C)c1.I.I.I. The van der Waals surface area contributed by atoms with E-state index in [0.29, 0.717) is 0 Å². The van der Waals surface area contributed by atoms with Gasteiger partial charge in [-0.15, -0.1) is 71.9 Å². The highest BCUT2D eigenvalue weighted by Crippen LogP contribution is 2.06. The van der Waals surface area contributed by atoms with Crippen LogP contribution in [-0.4, -0.2) is 0 Å². The Kier molecular flexibility index (Phi) is 14.3. The Morgan fingerprint density at radius 2 is 0.750 bits per heavy atom. The van der Waals surface area contributed by atoms with E-state index in [0.717, 1.165) is 0 Å². The van der Waals surface area contributed by atoms with E-state index < -0.39 is 0 Å². The molecular formula is C9H15I3. The van der Waals surface area contributed by atoms with Crippen molar-refractivity contribution in [2.24, 2.45) is 0 Å². The highest BCUT2D eigenvalue weighted by molar-refractivity contribution is 14.0.